The van der Waals surface area contributed by atoms with Crippen LogP contribution < -0.4 is 4.72 Å². The van der Waals surface area contributed by atoms with Crippen molar-refractivity contribution >= 4 is 32.6 Å². The SMILES string of the molecule is O=C(O)C1CCCCN1S(=O)(=O)Nc1nncs1. The Bertz CT molecular complexity index is 515. The third-order valence-corrected chi connectivity index (χ3v) is 4.87. The van der Waals surface area contributed by atoms with Crippen molar-refractivity contribution in [3.05, 3.63) is 5.51 Å². The minimum atomic E-state index is -3.89. The standard InChI is InChI=1S/C8H12N4O4S2/c13-7(14)6-3-1-2-4-12(6)18(15,16)11-8-10-9-5-17-8/h5-6H,1-4H2,(H,10,11)(H,13,14). The molecule has 0 aliphatic carbocycles. The molecule has 1 aliphatic rings. The first kappa shape index (κ1) is 13.2. The Morgan fingerprint density at radius 2 is 2.33 bits per heavy atom. The topological polar surface area (TPSA) is 112 Å². The Balaban J connectivity index is 2.19. The maximum Gasteiger partial charge on any atom is 0.322 e. The molecule has 1 fully saturated rings. The van der Waals surface area contributed by atoms with Crippen LogP contribution in [0, 0.1) is 0 Å². The highest BCUT2D eigenvalue weighted by Crippen LogP contribution is 2.22. The molecule has 10 heteroatoms. The van der Waals surface area contributed by atoms with Crippen LogP contribution in [0.15, 0.2) is 5.51 Å². The molecule has 0 amide bonds. The number of aromatic nitrogens is 2. The summed E-state index contributed by atoms with van der Waals surface area (Å²) in [6.45, 7) is 0.200. The van der Waals surface area contributed by atoms with E-state index in [1.54, 1.807) is 0 Å². The summed E-state index contributed by atoms with van der Waals surface area (Å²) in [6.07, 6.45) is 1.69. The van der Waals surface area contributed by atoms with Crippen LogP contribution in [0.3, 0.4) is 0 Å². The van der Waals surface area contributed by atoms with Crippen LogP contribution >= 0.6 is 11.3 Å². The van der Waals surface area contributed by atoms with E-state index in [-0.39, 0.29) is 11.7 Å². The van der Waals surface area contributed by atoms with Crippen molar-refractivity contribution in [2.45, 2.75) is 25.3 Å². The average Bonchev–Trinajstić information content (AvgIpc) is 2.81. The van der Waals surface area contributed by atoms with E-state index < -0.39 is 22.2 Å². The highest BCUT2D eigenvalue weighted by atomic mass is 32.2. The highest BCUT2D eigenvalue weighted by Gasteiger charge is 2.37. The fraction of sp³-hybridized carbons (Fsp3) is 0.625. The number of carbonyl (C=O) groups is 1. The molecular formula is C8H12N4O4S2. The van der Waals surface area contributed by atoms with Gasteiger partial charge in [-0.25, -0.2) is 4.72 Å². The molecule has 0 saturated carbocycles. The Labute approximate surface area is 108 Å². The lowest BCUT2D eigenvalue weighted by Crippen LogP contribution is -2.49. The van der Waals surface area contributed by atoms with Crippen molar-refractivity contribution in [1.82, 2.24) is 14.5 Å². The van der Waals surface area contributed by atoms with Gasteiger partial charge in [-0.1, -0.05) is 11.3 Å². The number of aliphatic carboxylic acids is 1. The van der Waals surface area contributed by atoms with Gasteiger partial charge in [0.05, 0.1) is 0 Å². The first-order valence-electron chi connectivity index (χ1n) is 5.29. The first-order chi connectivity index (χ1) is 8.50. The molecule has 0 spiro atoms. The lowest BCUT2D eigenvalue weighted by Gasteiger charge is -2.31. The van der Waals surface area contributed by atoms with E-state index in [2.05, 4.69) is 14.9 Å². The number of carboxylic acid groups (broad SMARTS) is 1. The van der Waals surface area contributed by atoms with Crippen LogP contribution in [0.5, 0.6) is 0 Å². The maximum absolute atomic E-state index is 12.1. The maximum atomic E-state index is 12.1. The van der Waals surface area contributed by atoms with Crippen LogP contribution in [-0.2, 0) is 15.0 Å². The summed E-state index contributed by atoms with van der Waals surface area (Å²) in [5, 5.41) is 16.3. The second kappa shape index (κ2) is 5.16. The van der Waals surface area contributed by atoms with Crippen molar-refractivity contribution in [3.8, 4) is 0 Å². The van der Waals surface area contributed by atoms with Crippen LogP contribution in [0.25, 0.3) is 0 Å². The molecule has 2 rings (SSSR count). The zero-order valence-electron chi connectivity index (χ0n) is 9.31. The number of hydrogen-bond acceptors (Lipinski definition) is 6. The summed E-state index contributed by atoms with van der Waals surface area (Å²) in [5.41, 5.74) is 1.39. The van der Waals surface area contributed by atoms with Gasteiger partial charge < -0.3 is 5.11 Å². The molecule has 100 valence electrons. The molecule has 18 heavy (non-hydrogen) atoms. The van der Waals surface area contributed by atoms with Gasteiger partial charge in [-0.05, 0) is 19.3 Å². The number of piperidine rings is 1. The van der Waals surface area contributed by atoms with Gasteiger partial charge in [0.1, 0.15) is 11.6 Å². The molecule has 1 saturated heterocycles. The number of rotatable bonds is 4. The van der Waals surface area contributed by atoms with Crippen LogP contribution in [0.1, 0.15) is 19.3 Å². The highest BCUT2D eigenvalue weighted by molar-refractivity contribution is 7.90. The molecule has 1 atom stereocenters. The van der Waals surface area contributed by atoms with E-state index in [4.69, 9.17) is 5.11 Å². The van der Waals surface area contributed by atoms with Crippen molar-refractivity contribution in [1.29, 1.82) is 0 Å². The normalized spacial score (nSPS) is 21.7. The van der Waals surface area contributed by atoms with Crippen LogP contribution in [0.4, 0.5) is 5.13 Å². The molecule has 0 aromatic carbocycles. The zero-order chi connectivity index (χ0) is 13.2. The minimum Gasteiger partial charge on any atom is -0.480 e. The molecular weight excluding hydrogens is 280 g/mol. The fourth-order valence-corrected chi connectivity index (χ4v) is 3.90. The van der Waals surface area contributed by atoms with Crippen LogP contribution in [-0.4, -0.2) is 46.6 Å². The summed E-state index contributed by atoms with van der Waals surface area (Å²) in [7, 11) is -3.89. The monoisotopic (exact) mass is 292 g/mol. The number of carboxylic acids is 1. The number of anilines is 1. The lowest BCUT2D eigenvalue weighted by atomic mass is 10.1. The van der Waals surface area contributed by atoms with Gasteiger partial charge in [-0.2, -0.15) is 12.7 Å². The van der Waals surface area contributed by atoms with Crippen molar-refractivity contribution in [2.24, 2.45) is 0 Å². The third-order valence-electron chi connectivity index (χ3n) is 2.62. The van der Waals surface area contributed by atoms with Gasteiger partial charge in [-0.3, -0.25) is 4.79 Å². The smallest absolute Gasteiger partial charge is 0.322 e. The molecule has 0 bridgehead atoms. The van der Waals surface area contributed by atoms with Crippen molar-refractivity contribution in [3.63, 3.8) is 0 Å². The fourth-order valence-electron chi connectivity index (χ4n) is 1.83. The molecule has 2 N–H and O–H groups in total. The summed E-state index contributed by atoms with van der Waals surface area (Å²) in [4.78, 5) is 11.1. The molecule has 0 radical (unpaired) electrons. The Morgan fingerprint density at radius 1 is 1.56 bits per heavy atom. The van der Waals surface area contributed by atoms with Crippen LogP contribution in [0.2, 0.25) is 0 Å². The summed E-state index contributed by atoms with van der Waals surface area (Å²) in [5.74, 6) is -1.13. The number of nitrogens with zero attached hydrogens (tertiary/aromatic N) is 3. The van der Waals surface area contributed by atoms with Crippen molar-refractivity contribution in [2.75, 3.05) is 11.3 Å². The van der Waals surface area contributed by atoms with E-state index in [1.807, 2.05) is 0 Å². The third kappa shape index (κ3) is 2.76. The molecule has 1 aliphatic heterocycles. The lowest BCUT2D eigenvalue weighted by molar-refractivity contribution is -0.142. The van der Waals surface area contributed by atoms with E-state index in [0.717, 1.165) is 15.6 Å². The second-order valence-corrected chi connectivity index (χ2v) is 6.27. The molecule has 8 nitrogen and oxygen atoms in total. The predicted octanol–water partition coefficient (Wildman–Crippen LogP) is 0.134. The number of hydrogen-bond donors (Lipinski definition) is 2. The second-order valence-electron chi connectivity index (χ2n) is 3.81. The summed E-state index contributed by atoms with van der Waals surface area (Å²) >= 11 is 1.04. The molecule has 2 heterocycles. The van der Waals surface area contributed by atoms with Gasteiger partial charge >= 0.3 is 16.2 Å². The largest absolute Gasteiger partial charge is 0.480 e. The average molecular weight is 292 g/mol. The summed E-state index contributed by atoms with van der Waals surface area (Å²) in [6, 6.07) is -1.01. The van der Waals surface area contributed by atoms with E-state index in [1.165, 1.54) is 5.51 Å². The van der Waals surface area contributed by atoms with Gasteiger partial charge in [-0.15, -0.1) is 10.2 Å². The van der Waals surface area contributed by atoms with Gasteiger partial charge in [0, 0.05) is 6.54 Å². The van der Waals surface area contributed by atoms with Crippen molar-refractivity contribution < 1.29 is 18.3 Å². The quantitative estimate of drug-likeness (QED) is 0.816. The predicted molar refractivity (Wildman–Crippen MR) is 64.4 cm³/mol. The summed E-state index contributed by atoms with van der Waals surface area (Å²) < 4.78 is 27.3. The minimum absolute atomic E-state index is 0.129. The number of nitrogens with one attached hydrogen (secondary N) is 1. The molecule has 1 aromatic heterocycles. The van der Waals surface area contributed by atoms with Gasteiger partial charge in [0.25, 0.3) is 0 Å². The Kier molecular flexibility index (Phi) is 3.78. The Morgan fingerprint density at radius 3 is 2.94 bits per heavy atom. The van der Waals surface area contributed by atoms with Gasteiger partial charge in [0.2, 0.25) is 5.13 Å². The zero-order valence-corrected chi connectivity index (χ0v) is 10.9. The van der Waals surface area contributed by atoms with E-state index in [9.17, 15) is 13.2 Å². The van der Waals surface area contributed by atoms with E-state index >= 15 is 0 Å². The van der Waals surface area contributed by atoms with E-state index in [0.29, 0.717) is 19.3 Å². The Hall–Kier alpha value is -1.26. The van der Waals surface area contributed by atoms with Gasteiger partial charge in [0.15, 0.2) is 0 Å². The first-order valence-corrected chi connectivity index (χ1v) is 7.61. The molecule has 1 unspecified atom stereocenters. The molecule has 1 aromatic rings.